The molecule has 0 aliphatic heterocycles. The van der Waals surface area contributed by atoms with Crippen molar-refractivity contribution in [1.82, 2.24) is 0 Å². The van der Waals surface area contributed by atoms with E-state index >= 15 is 0 Å². The Kier molecular flexibility index (Phi) is 2.83. The molecule has 0 aliphatic rings. The number of halogens is 4. The SMILES string of the molecule is NN=C(N)c1cc(C(F)(F)F)ccc1F. The van der Waals surface area contributed by atoms with Crippen LogP contribution in [0.25, 0.3) is 0 Å². The summed E-state index contributed by atoms with van der Waals surface area (Å²) in [5.74, 6) is 3.35. The Hall–Kier alpha value is -1.79. The van der Waals surface area contributed by atoms with E-state index in [0.29, 0.717) is 18.2 Å². The zero-order chi connectivity index (χ0) is 11.6. The molecule has 3 nitrogen and oxygen atoms in total. The summed E-state index contributed by atoms with van der Waals surface area (Å²) in [6, 6.07) is 1.83. The van der Waals surface area contributed by atoms with Gasteiger partial charge in [-0.1, -0.05) is 0 Å². The quantitative estimate of drug-likeness (QED) is 0.247. The average molecular weight is 221 g/mol. The highest BCUT2D eigenvalue weighted by molar-refractivity contribution is 5.97. The molecule has 0 aromatic heterocycles. The lowest BCUT2D eigenvalue weighted by molar-refractivity contribution is -0.137. The maximum Gasteiger partial charge on any atom is 0.416 e. The number of amidine groups is 1. The fourth-order valence-corrected chi connectivity index (χ4v) is 0.967. The number of nitrogens with two attached hydrogens (primary N) is 2. The lowest BCUT2D eigenvalue weighted by atomic mass is 10.1. The van der Waals surface area contributed by atoms with Gasteiger partial charge in [0.05, 0.1) is 11.1 Å². The van der Waals surface area contributed by atoms with E-state index in [9.17, 15) is 17.6 Å². The molecule has 0 amide bonds. The fraction of sp³-hybridized carbons (Fsp3) is 0.125. The minimum atomic E-state index is -4.56. The van der Waals surface area contributed by atoms with Crippen LogP contribution in [-0.4, -0.2) is 5.84 Å². The molecular weight excluding hydrogens is 214 g/mol. The van der Waals surface area contributed by atoms with Crippen LogP contribution >= 0.6 is 0 Å². The molecule has 15 heavy (non-hydrogen) atoms. The molecule has 0 atom stereocenters. The molecule has 1 aromatic rings. The Bertz CT molecular complexity index is 397. The van der Waals surface area contributed by atoms with Crippen molar-refractivity contribution >= 4 is 5.84 Å². The summed E-state index contributed by atoms with van der Waals surface area (Å²) >= 11 is 0. The first-order valence-electron chi connectivity index (χ1n) is 3.76. The number of hydrazone groups is 1. The van der Waals surface area contributed by atoms with Crippen molar-refractivity contribution in [3.05, 3.63) is 35.1 Å². The first-order valence-corrected chi connectivity index (χ1v) is 3.76. The van der Waals surface area contributed by atoms with Crippen LogP contribution in [0.4, 0.5) is 17.6 Å². The zero-order valence-corrected chi connectivity index (χ0v) is 7.35. The van der Waals surface area contributed by atoms with Crippen molar-refractivity contribution in [3.63, 3.8) is 0 Å². The monoisotopic (exact) mass is 221 g/mol. The van der Waals surface area contributed by atoms with Crippen molar-refractivity contribution in [2.75, 3.05) is 0 Å². The summed E-state index contributed by atoms with van der Waals surface area (Å²) in [5.41, 5.74) is 3.65. The van der Waals surface area contributed by atoms with E-state index in [0.717, 1.165) is 0 Å². The van der Waals surface area contributed by atoms with Crippen LogP contribution in [0.2, 0.25) is 0 Å². The third-order valence-corrected chi connectivity index (χ3v) is 1.71. The van der Waals surface area contributed by atoms with Gasteiger partial charge in [-0.3, -0.25) is 0 Å². The number of alkyl halides is 3. The highest BCUT2D eigenvalue weighted by Gasteiger charge is 2.31. The number of hydrogen-bond donors (Lipinski definition) is 2. The normalized spacial score (nSPS) is 12.9. The molecule has 1 rings (SSSR count). The van der Waals surface area contributed by atoms with Crippen molar-refractivity contribution in [2.45, 2.75) is 6.18 Å². The molecule has 0 fully saturated rings. The molecule has 0 saturated carbocycles. The molecule has 0 unspecified atom stereocenters. The minimum Gasteiger partial charge on any atom is -0.382 e. The van der Waals surface area contributed by atoms with Gasteiger partial charge in [0.15, 0.2) is 5.84 Å². The lowest BCUT2D eigenvalue weighted by Crippen LogP contribution is -2.18. The molecule has 4 N–H and O–H groups in total. The van der Waals surface area contributed by atoms with Gasteiger partial charge < -0.3 is 11.6 Å². The van der Waals surface area contributed by atoms with Crippen LogP contribution < -0.4 is 11.6 Å². The highest BCUT2D eigenvalue weighted by atomic mass is 19.4. The van der Waals surface area contributed by atoms with Crippen molar-refractivity contribution in [3.8, 4) is 0 Å². The van der Waals surface area contributed by atoms with E-state index in [4.69, 9.17) is 11.6 Å². The van der Waals surface area contributed by atoms with Gasteiger partial charge in [0.1, 0.15) is 5.82 Å². The molecule has 0 aliphatic carbocycles. The van der Waals surface area contributed by atoms with Crippen LogP contribution in [-0.2, 0) is 6.18 Å². The van der Waals surface area contributed by atoms with Gasteiger partial charge in [-0.15, -0.1) is 0 Å². The van der Waals surface area contributed by atoms with Gasteiger partial charge >= 0.3 is 6.18 Å². The summed E-state index contributed by atoms with van der Waals surface area (Å²) in [6.45, 7) is 0. The smallest absolute Gasteiger partial charge is 0.382 e. The van der Waals surface area contributed by atoms with Crippen LogP contribution in [0.5, 0.6) is 0 Å². The molecule has 0 heterocycles. The van der Waals surface area contributed by atoms with Gasteiger partial charge in [0.25, 0.3) is 0 Å². The Morgan fingerprint density at radius 2 is 1.87 bits per heavy atom. The Morgan fingerprint density at radius 1 is 1.27 bits per heavy atom. The average Bonchev–Trinajstić information content (AvgIpc) is 2.15. The number of rotatable bonds is 1. The van der Waals surface area contributed by atoms with Gasteiger partial charge in [-0.25, -0.2) is 4.39 Å². The Labute approximate surface area is 82.4 Å². The van der Waals surface area contributed by atoms with Crippen molar-refractivity contribution < 1.29 is 17.6 Å². The second-order valence-corrected chi connectivity index (χ2v) is 2.71. The third kappa shape index (κ3) is 2.36. The minimum absolute atomic E-state index is 0.465. The second kappa shape index (κ2) is 3.76. The summed E-state index contributed by atoms with van der Waals surface area (Å²) in [6.07, 6.45) is -4.56. The Morgan fingerprint density at radius 3 is 2.33 bits per heavy atom. The molecule has 82 valence electrons. The summed E-state index contributed by atoms with van der Waals surface area (Å²) in [4.78, 5) is 0. The molecule has 0 bridgehead atoms. The summed E-state index contributed by atoms with van der Waals surface area (Å²) in [7, 11) is 0. The lowest BCUT2D eigenvalue weighted by Gasteiger charge is -2.08. The third-order valence-electron chi connectivity index (χ3n) is 1.71. The van der Waals surface area contributed by atoms with Gasteiger partial charge in [0.2, 0.25) is 0 Å². The number of benzene rings is 1. The van der Waals surface area contributed by atoms with Crippen LogP contribution in [0.1, 0.15) is 11.1 Å². The largest absolute Gasteiger partial charge is 0.416 e. The molecular formula is C8H7F4N3. The Balaban J connectivity index is 3.29. The zero-order valence-electron chi connectivity index (χ0n) is 7.35. The predicted molar refractivity (Wildman–Crippen MR) is 46.3 cm³/mol. The van der Waals surface area contributed by atoms with Crippen LogP contribution in [0, 0.1) is 5.82 Å². The molecule has 0 radical (unpaired) electrons. The molecule has 0 saturated heterocycles. The van der Waals surface area contributed by atoms with E-state index < -0.39 is 29.0 Å². The van der Waals surface area contributed by atoms with Crippen molar-refractivity contribution in [1.29, 1.82) is 0 Å². The van der Waals surface area contributed by atoms with Gasteiger partial charge in [-0.2, -0.15) is 18.3 Å². The first kappa shape index (κ1) is 11.3. The van der Waals surface area contributed by atoms with Crippen molar-refractivity contribution in [2.24, 2.45) is 16.7 Å². The maximum absolute atomic E-state index is 13.0. The topological polar surface area (TPSA) is 64.4 Å². The first-order chi connectivity index (χ1) is 6.86. The fourth-order valence-electron chi connectivity index (χ4n) is 0.967. The van der Waals surface area contributed by atoms with Gasteiger partial charge in [-0.05, 0) is 18.2 Å². The number of hydrogen-bond acceptors (Lipinski definition) is 2. The van der Waals surface area contributed by atoms with E-state index in [-0.39, 0.29) is 0 Å². The van der Waals surface area contributed by atoms with E-state index in [2.05, 4.69) is 5.10 Å². The summed E-state index contributed by atoms with van der Waals surface area (Å²) < 4.78 is 49.7. The van der Waals surface area contributed by atoms with E-state index in [1.165, 1.54) is 0 Å². The number of nitrogens with zero attached hydrogens (tertiary/aromatic N) is 1. The molecule has 0 spiro atoms. The van der Waals surface area contributed by atoms with E-state index in [1.54, 1.807) is 0 Å². The van der Waals surface area contributed by atoms with Crippen LogP contribution in [0.15, 0.2) is 23.3 Å². The van der Waals surface area contributed by atoms with Gasteiger partial charge in [0, 0.05) is 0 Å². The summed E-state index contributed by atoms with van der Waals surface area (Å²) in [5, 5.41) is 2.93. The highest BCUT2D eigenvalue weighted by Crippen LogP contribution is 2.30. The second-order valence-electron chi connectivity index (χ2n) is 2.71. The maximum atomic E-state index is 13.0. The van der Waals surface area contributed by atoms with E-state index in [1.807, 2.05) is 0 Å². The molecule has 7 heteroatoms. The molecule has 1 aromatic carbocycles. The predicted octanol–water partition coefficient (Wildman–Crippen LogP) is 1.42. The van der Waals surface area contributed by atoms with Crippen LogP contribution in [0.3, 0.4) is 0 Å². The standard InChI is InChI=1S/C8H7F4N3/c9-6-2-1-4(8(10,11)12)3-5(6)7(13)15-14/h1-3H,14H2,(H2,13,15).